The van der Waals surface area contributed by atoms with Gasteiger partial charge >= 0.3 is 0 Å². The van der Waals surface area contributed by atoms with E-state index < -0.39 is 5.92 Å². The molecule has 0 saturated heterocycles. The van der Waals surface area contributed by atoms with Gasteiger partial charge in [0.2, 0.25) is 5.91 Å². The number of anilines is 1. The van der Waals surface area contributed by atoms with Crippen LogP contribution in [-0.2, 0) is 4.79 Å². The van der Waals surface area contributed by atoms with Crippen LogP contribution in [0.5, 0.6) is 0 Å². The second-order valence-electron chi connectivity index (χ2n) is 4.91. The Morgan fingerprint density at radius 2 is 2.22 bits per heavy atom. The Morgan fingerprint density at radius 3 is 2.83 bits per heavy atom. The van der Waals surface area contributed by atoms with Crippen molar-refractivity contribution >= 4 is 39.3 Å². The summed E-state index contributed by atoms with van der Waals surface area (Å²) in [6.45, 7) is 1.99. The van der Waals surface area contributed by atoms with Gasteiger partial charge in [-0.1, -0.05) is 24.9 Å². The maximum absolute atomic E-state index is 12.6. The van der Waals surface area contributed by atoms with Crippen molar-refractivity contribution in [1.29, 1.82) is 5.26 Å². The van der Waals surface area contributed by atoms with E-state index in [1.165, 1.54) is 6.20 Å². The van der Waals surface area contributed by atoms with Crippen LogP contribution in [0.4, 0.5) is 5.82 Å². The van der Waals surface area contributed by atoms with E-state index in [2.05, 4.69) is 31.2 Å². The zero-order valence-corrected chi connectivity index (χ0v) is 14.7. The Kier molecular flexibility index (Phi) is 6.08. The average Bonchev–Trinajstić information content (AvgIpc) is 2.55. The van der Waals surface area contributed by atoms with Crippen LogP contribution in [0.2, 0.25) is 5.15 Å². The van der Waals surface area contributed by atoms with Gasteiger partial charge in [-0.2, -0.15) is 5.26 Å². The SMILES string of the molecule is CCCC(C(=O)Nc1ccc(Br)cn1)c1cnc(Cl)c(C#N)c1. The van der Waals surface area contributed by atoms with Gasteiger partial charge in [0.05, 0.1) is 11.5 Å². The second kappa shape index (κ2) is 8.04. The fourth-order valence-corrected chi connectivity index (χ4v) is 2.51. The number of hydrogen-bond donors (Lipinski definition) is 1. The summed E-state index contributed by atoms with van der Waals surface area (Å²) in [5.74, 6) is -0.126. The predicted molar refractivity (Wildman–Crippen MR) is 92.2 cm³/mol. The summed E-state index contributed by atoms with van der Waals surface area (Å²) in [6.07, 6.45) is 4.60. The van der Waals surface area contributed by atoms with Crippen molar-refractivity contribution in [2.45, 2.75) is 25.7 Å². The van der Waals surface area contributed by atoms with E-state index in [4.69, 9.17) is 16.9 Å². The van der Waals surface area contributed by atoms with Crippen molar-refractivity contribution in [3.05, 3.63) is 51.3 Å². The molecule has 0 saturated carbocycles. The zero-order valence-electron chi connectivity index (χ0n) is 12.4. The van der Waals surface area contributed by atoms with Crippen molar-refractivity contribution < 1.29 is 4.79 Å². The van der Waals surface area contributed by atoms with Gasteiger partial charge in [-0.05, 0) is 46.1 Å². The van der Waals surface area contributed by atoms with E-state index in [0.717, 1.165) is 10.9 Å². The van der Waals surface area contributed by atoms with Gasteiger partial charge in [0.1, 0.15) is 17.0 Å². The van der Waals surface area contributed by atoms with Crippen LogP contribution in [0.15, 0.2) is 35.1 Å². The summed E-state index contributed by atoms with van der Waals surface area (Å²) >= 11 is 9.15. The lowest BCUT2D eigenvalue weighted by atomic mass is 9.94. The van der Waals surface area contributed by atoms with E-state index in [1.54, 1.807) is 24.4 Å². The summed E-state index contributed by atoms with van der Waals surface area (Å²) < 4.78 is 0.834. The molecule has 2 aromatic heterocycles. The first kappa shape index (κ1) is 17.4. The Labute approximate surface area is 147 Å². The minimum atomic E-state index is -0.415. The normalized spacial score (nSPS) is 11.6. The van der Waals surface area contributed by atoms with Crippen molar-refractivity contribution in [3.63, 3.8) is 0 Å². The van der Waals surface area contributed by atoms with Crippen LogP contribution >= 0.6 is 27.5 Å². The van der Waals surface area contributed by atoms with Crippen molar-refractivity contribution in [1.82, 2.24) is 9.97 Å². The molecule has 7 heteroatoms. The van der Waals surface area contributed by atoms with E-state index in [0.29, 0.717) is 17.8 Å². The summed E-state index contributed by atoms with van der Waals surface area (Å²) in [5, 5.41) is 12.0. The highest BCUT2D eigenvalue weighted by Gasteiger charge is 2.22. The molecule has 1 atom stereocenters. The minimum absolute atomic E-state index is 0.140. The molecule has 1 unspecified atom stereocenters. The van der Waals surface area contributed by atoms with E-state index in [-0.39, 0.29) is 16.6 Å². The third-order valence-electron chi connectivity index (χ3n) is 3.26. The van der Waals surface area contributed by atoms with Crippen LogP contribution in [0.3, 0.4) is 0 Å². The Morgan fingerprint density at radius 1 is 1.43 bits per heavy atom. The molecule has 2 aromatic rings. The number of amides is 1. The van der Waals surface area contributed by atoms with E-state index in [9.17, 15) is 4.79 Å². The first-order chi connectivity index (χ1) is 11.0. The molecule has 2 heterocycles. The summed E-state index contributed by atoms with van der Waals surface area (Å²) in [7, 11) is 0. The Hall–Kier alpha value is -1.97. The van der Waals surface area contributed by atoms with Crippen LogP contribution < -0.4 is 5.32 Å². The number of rotatable bonds is 5. The van der Waals surface area contributed by atoms with Gasteiger partial charge in [-0.15, -0.1) is 0 Å². The maximum Gasteiger partial charge on any atom is 0.233 e. The lowest BCUT2D eigenvalue weighted by molar-refractivity contribution is -0.117. The molecule has 1 N–H and O–H groups in total. The number of hydrogen-bond acceptors (Lipinski definition) is 4. The monoisotopic (exact) mass is 392 g/mol. The second-order valence-corrected chi connectivity index (χ2v) is 6.18. The number of nitrogens with one attached hydrogen (secondary N) is 1. The molecule has 23 heavy (non-hydrogen) atoms. The number of pyridine rings is 2. The lowest BCUT2D eigenvalue weighted by Crippen LogP contribution is -2.22. The number of carbonyl (C=O) groups is 1. The van der Waals surface area contributed by atoms with E-state index in [1.807, 2.05) is 13.0 Å². The van der Waals surface area contributed by atoms with Crippen molar-refractivity contribution in [3.8, 4) is 6.07 Å². The summed E-state index contributed by atoms with van der Waals surface area (Å²) in [5.41, 5.74) is 0.933. The maximum atomic E-state index is 12.6. The molecule has 0 aliphatic heterocycles. The minimum Gasteiger partial charge on any atom is -0.310 e. The number of aromatic nitrogens is 2. The van der Waals surface area contributed by atoms with Crippen molar-refractivity contribution in [2.24, 2.45) is 0 Å². The summed E-state index contributed by atoms with van der Waals surface area (Å²) in [4.78, 5) is 20.7. The lowest BCUT2D eigenvalue weighted by Gasteiger charge is -2.16. The molecule has 118 valence electrons. The highest BCUT2D eigenvalue weighted by atomic mass is 79.9. The fraction of sp³-hybridized carbons (Fsp3) is 0.250. The average molecular weight is 394 g/mol. The molecule has 0 spiro atoms. The first-order valence-electron chi connectivity index (χ1n) is 7.03. The molecule has 1 amide bonds. The molecule has 0 aliphatic rings. The summed E-state index contributed by atoms with van der Waals surface area (Å²) in [6, 6.07) is 7.11. The third kappa shape index (κ3) is 4.50. The quantitative estimate of drug-likeness (QED) is 0.769. The van der Waals surface area contributed by atoms with Gasteiger partial charge in [-0.25, -0.2) is 9.97 Å². The van der Waals surface area contributed by atoms with Gasteiger partial charge < -0.3 is 5.32 Å². The number of nitrogens with zero attached hydrogens (tertiary/aromatic N) is 3. The van der Waals surface area contributed by atoms with Gasteiger partial charge in [0.25, 0.3) is 0 Å². The molecular formula is C16H14BrClN4O. The van der Waals surface area contributed by atoms with Crippen LogP contribution in [-0.4, -0.2) is 15.9 Å². The van der Waals surface area contributed by atoms with Crippen LogP contribution in [0, 0.1) is 11.3 Å². The molecule has 0 aliphatic carbocycles. The topological polar surface area (TPSA) is 78.7 Å². The van der Waals surface area contributed by atoms with Gasteiger partial charge in [-0.3, -0.25) is 4.79 Å². The predicted octanol–water partition coefficient (Wildman–Crippen LogP) is 4.29. The van der Waals surface area contributed by atoms with Crippen LogP contribution in [0.1, 0.15) is 36.8 Å². The number of carbonyl (C=O) groups excluding carboxylic acids is 1. The standard InChI is InChI=1S/C16H14BrClN4O/c1-2-3-13(11-6-10(7-19)15(18)21-8-11)16(23)22-14-5-4-12(17)9-20-14/h4-6,8-9,13H,2-3H2,1H3,(H,20,22,23). The van der Waals surface area contributed by atoms with Crippen molar-refractivity contribution in [2.75, 3.05) is 5.32 Å². The Balaban J connectivity index is 2.25. The Bertz CT molecular complexity index is 743. The smallest absolute Gasteiger partial charge is 0.233 e. The van der Waals surface area contributed by atoms with Gasteiger partial charge in [0.15, 0.2) is 0 Å². The fourth-order valence-electron chi connectivity index (χ4n) is 2.13. The third-order valence-corrected chi connectivity index (χ3v) is 4.03. The first-order valence-corrected chi connectivity index (χ1v) is 8.20. The van der Waals surface area contributed by atoms with E-state index >= 15 is 0 Å². The largest absolute Gasteiger partial charge is 0.310 e. The number of nitriles is 1. The molecular weight excluding hydrogens is 380 g/mol. The molecule has 0 bridgehead atoms. The van der Waals surface area contributed by atoms with Gasteiger partial charge in [0, 0.05) is 16.9 Å². The highest BCUT2D eigenvalue weighted by Crippen LogP contribution is 2.25. The molecule has 5 nitrogen and oxygen atoms in total. The van der Waals surface area contributed by atoms with Crippen LogP contribution in [0.25, 0.3) is 0 Å². The zero-order chi connectivity index (χ0) is 16.8. The highest BCUT2D eigenvalue weighted by molar-refractivity contribution is 9.10. The molecule has 0 radical (unpaired) electrons. The number of halogens is 2. The molecule has 0 aromatic carbocycles. The molecule has 0 fully saturated rings. The molecule has 2 rings (SSSR count).